The third-order valence-electron chi connectivity index (χ3n) is 2.93. The minimum Gasteiger partial charge on any atom is -0.507 e. The summed E-state index contributed by atoms with van der Waals surface area (Å²) in [5, 5.41) is 16.4. The highest BCUT2D eigenvalue weighted by Crippen LogP contribution is 2.16. The first-order valence-corrected chi connectivity index (χ1v) is 7.04. The van der Waals surface area contributed by atoms with Crippen molar-refractivity contribution in [2.24, 2.45) is 5.10 Å². The summed E-state index contributed by atoms with van der Waals surface area (Å²) in [5.74, 6) is -1.75. The number of carbonyl (C=O) groups excluding carboxylic acids is 2. The van der Waals surface area contributed by atoms with Crippen molar-refractivity contribution >= 4 is 34.8 Å². The Kier molecular flexibility index (Phi) is 5.32. The van der Waals surface area contributed by atoms with Crippen molar-refractivity contribution in [3.63, 3.8) is 0 Å². The Bertz CT molecular complexity index is 757. The number of aromatic hydroxyl groups is 1. The number of benzene rings is 2. The number of phenols is 1. The summed E-state index contributed by atoms with van der Waals surface area (Å²) in [6.07, 6.45) is 0. The van der Waals surface area contributed by atoms with Gasteiger partial charge >= 0.3 is 11.8 Å². The number of nitrogens with one attached hydrogen (secondary N) is 2. The number of nitrogens with zero attached hydrogens (tertiary/aromatic N) is 1. The molecule has 0 aliphatic heterocycles. The highest BCUT2D eigenvalue weighted by Gasteiger charge is 2.13. The highest BCUT2D eigenvalue weighted by molar-refractivity contribution is 6.39. The molecule has 2 aromatic rings. The minimum absolute atomic E-state index is 0.0358. The van der Waals surface area contributed by atoms with Crippen molar-refractivity contribution in [1.29, 1.82) is 0 Å². The normalized spacial score (nSPS) is 11.0. The van der Waals surface area contributed by atoms with Crippen LogP contribution in [0.1, 0.15) is 12.5 Å². The lowest BCUT2D eigenvalue weighted by molar-refractivity contribution is -0.136. The van der Waals surface area contributed by atoms with Crippen LogP contribution in [0, 0.1) is 0 Å². The van der Waals surface area contributed by atoms with E-state index in [-0.39, 0.29) is 5.75 Å². The zero-order chi connectivity index (χ0) is 16.8. The number of anilines is 1. The first kappa shape index (κ1) is 16.5. The third-order valence-corrected chi connectivity index (χ3v) is 3.18. The fourth-order valence-corrected chi connectivity index (χ4v) is 1.87. The highest BCUT2D eigenvalue weighted by atomic mass is 35.5. The summed E-state index contributed by atoms with van der Waals surface area (Å²) in [5.41, 5.74) is 3.41. The molecule has 3 N–H and O–H groups in total. The molecule has 2 aromatic carbocycles. The Morgan fingerprint density at radius 1 is 1.04 bits per heavy atom. The van der Waals surface area contributed by atoms with Crippen LogP contribution in [0.5, 0.6) is 5.75 Å². The Labute approximate surface area is 137 Å². The topological polar surface area (TPSA) is 90.8 Å². The van der Waals surface area contributed by atoms with Gasteiger partial charge in [0.1, 0.15) is 5.75 Å². The van der Waals surface area contributed by atoms with Crippen molar-refractivity contribution in [1.82, 2.24) is 5.43 Å². The minimum atomic E-state index is -0.922. The third kappa shape index (κ3) is 4.55. The lowest BCUT2D eigenvalue weighted by Gasteiger charge is -2.06. The number of phenolic OH excluding ortho intramolecular Hbond substituents is 1. The van der Waals surface area contributed by atoms with E-state index in [1.165, 1.54) is 6.07 Å². The van der Waals surface area contributed by atoms with Crippen LogP contribution >= 0.6 is 11.6 Å². The van der Waals surface area contributed by atoms with E-state index in [9.17, 15) is 14.7 Å². The van der Waals surface area contributed by atoms with Gasteiger partial charge in [0.15, 0.2) is 0 Å². The summed E-state index contributed by atoms with van der Waals surface area (Å²) in [7, 11) is 0. The van der Waals surface area contributed by atoms with E-state index in [0.29, 0.717) is 22.0 Å². The van der Waals surface area contributed by atoms with E-state index in [1.807, 2.05) is 0 Å². The van der Waals surface area contributed by atoms with Gasteiger partial charge in [-0.15, -0.1) is 0 Å². The molecule has 0 aliphatic carbocycles. The van der Waals surface area contributed by atoms with Crippen molar-refractivity contribution in [3.05, 3.63) is 59.1 Å². The molecule has 0 spiro atoms. The lowest BCUT2D eigenvalue weighted by atomic mass is 10.1. The summed E-state index contributed by atoms with van der Waals surface area (Å²) < 4.78 is 0. The molecule has 0 atom stereocenters. The number of rotatable bonds is 3. The average Bonchev–Trinajstić information content (AvgIpc) is 2.54. The molecule has 0 bridgehead atoms. The first-order valence-electron chi connectivity index (χ1n) is 6.67. The molecular formula is C16H14ClN3O3. The van der Waals surface area contributed by atoms with E-state index in [4.69, 9.17) is 11.6 Å². The maximum Gasteiger partial charge on any atom is 0.329 e. The van der Waals surface area contributed by atoms with E-state index >= 15 is 0 Å². The van der Waals surface area contributed by atoms with Crippen molar-refractivity contribution in [2.75, 3.05) is 5.32 Å². The zero-order valence-corrected chi connectivity index (χ0v) is 13.0. The monoisotopic (exact) mass is 331 g/mol. The molecule has 6 nitrogen and oxygen atoms in total. The van der Waals surface area contributed by atoms with Gasteiger partial charge in [-0.2, -0.15) is 5.10 Å². The molecular weight excluding hydrogens is 318 g/mol. The number of hydrazone groups is 1. The predicted octanol–water partition coefficient (Wildman–Crippen LogP) is 2.52. The predicted molar refractivity (Wildman–Crippen MR) is 88.5 cm³/mol. The van der Waals surface area contributed by atoms with Gasteiger partial charge in [-0.05, 0) is 43.3 Å². The van der Waals surface area contributed by atoms with Gasteiger partial charge in [-0.3, -0.25) is 9.59 Å². The van der Waals surface area contributed by atoms with Crippen molar-refractivity contribution in [3.8, 4) is 5.75 Å². The maximum absolute atomic E-state index is 11.7. The molecule has 0 radical (unpaired) electrons. The number of hydrogen-bond donors (Lipinski definition) is 3. The zero-order valence-electron chi connectivity index (χ0n) is 12.2. The van der Waals surface area contributed by atoms with Crippen LogP contribution in [0.15, 0.2) is 53.6 Å². The number of para-hydroxylation sites is 1. The van der Waals surface area contributed by atoms with E-state index in [2.05, 4.69) is 15.8 Å². The summed E-state index contributed by atoms with van der Waals surface area (Å²) in [4.78, 5) is 23.5. The molecule has 0 fully saturated rings. The van der Waals surface area contributed by atoms with E-state index in [0.717, 1.165) is 0 Å². The van der Waals surface area contributed by atoms with Crippen LogP contribution in [0.2, 0.25) is 5.02 Å². The number of amides is 2. The van der Waals surface area contributed by atoms with Gasteiger partial charge in [-0.25, -0.2) is 5.43 Å². The molecule has 7 heteroatoms. The second-order valence-electron chi connectivity index (χ2n) is 4.62. The number of carbonyl (C=O) groups is 2. The van der Waals surface area contributed by atoms with Crippen molar-refractivity contribution < 1.29 is 14.7 Å². The van der Waals surface area contributed by atoms with E-state index in [1.54, 1.807) is 49.4 Å². The Balaban J connectivity index is 1.98. The van der Waals surface area contributed by atoms with Crippen LogP contribution in [0.25, 0.3) is 0 Å². The summed E-state index contributed by atoms with van der Waals surface area (Å²) in [6, 6.07) is 12.9. The standard InChI is InChI=1S/C16H14ClN3O3/c1-10(13-4-2-3-5-14(13)21)19-20-16(23)15(22)18-12-8-6-11(17)7-9-12/h2-9,21H,1H3,(H,18,22)(H,20,23)/b19-10+. The molecule has 2 rings (SSSR count). The molecule has 0 unspecified atom stereocenters. The van der Waals surface area contributed by atoms with Gasteiger partial charge in [0.2, 0.25) is 0 Å². The summed E-state index contributed by atoms with van der Waals surface area (Å²) in [6.45, 7) is 1.60. The Hall–Kier alpha value is -2.86. The second-order valence-corrected chi connectivity index (χ2v) is 5.05. The molecule has 0 heterocycles. The molecule has 0 aromatic heterocycles. The second kappa shape index (κ2) is 7.42. The van der Waals surface area contributed by atoms with Crippen molar-refractivity contribution in [2.45, 2.75) is 6.92 Å². The van der Waals surface area contributed by atoms with Crippen LogP contribution in [-0.4, -0.2) is 22.6 Å². The molecule has 23 heavy (non-hydrogen) atoms. The Morgan fingerprint density at radius 2 is 1.70 bits per heavy atom. The maximum atomic E-state index is 11.7. The van der Waals surface area contributed by atoms with Gasteiger partial charge in [0.25, 0.3) is 0 Å². The number of halogens is 1. The van der Waals surface area contributed by atoms with Crippen LogP contribution in [0.3, 0.4) is 0 Å². The van der Waals surface area contributed by atoms with Gasteiger partial charge in [0.05, 0.1) is 5.71 Å². The SMILES string of the molecule is C/C(=N\NC(=O)C(=O)Nc1ccc(Cl)cc1)c1ccccc1O. The largest absolute Gasteiger partial charge is 0.507 e. The van der Waals surface area contributed by atoms with Crippen LogP contribution < -0.4 is 10.7 Å². The van der Waals surface area contributed by atoms with Gasteiger partial charge in [-0.1, -0.05) is 23.7 Å². The molecule has 118 valence electrons. The average molecular weight is 332 g/mol. The van der Waals surface area contributed by atoms with E-state index < -0.39 is 11.8 Å². The number of hydrogen-bond acceptors (Lipinski definition) is 4. The molecule has 0 saturated carbocycles. The molecule has 2 amide bonds. The molecule has 0 saturated heterocycles. The van der Waals surface area contributed by atoms with Crippen LogP contribution in [0.4, 0.5) is 5.69 Å². The quantitative estimate of drug-likeness (QED) is 0.458. The van der Waals surface area contributed by atoms with Crippen LogP contribution in [-0.2, 0) is 9.59 Å². The molecule has 0 aliphatic rings. The summed E-state index contributed by atoms with van der Waals surface area (Å²) >= 11 is 5.74. The van der Waals surface area contributed by atoms with Gasteiger partial charge in [0, 0.05) is 16.3 Å². The fourth-order valence-electron chi connectivity index (χ4n) is 1.75. The fraction of sp³-hybridized carbons (Fsp3) is 0.0625. The first-order chi connectivity index (χ1) is 11.0. The van der Waals surface area contributed by atoms with Gasteiger partial charge < -0.3 is 10.4 Å². The Morgan fingerprint density at radius 3 is 2.35 bits per heavy atom. The smallest absolute Gasteiger partial charge is 0.329 e. The lowest BCUT2D eigenvalue weighted by Crippen LogP contribution is -2.32.